The van der Waals surface area contributed by atoms with Crippen molar-refractivity contribution in [3.8, 4) is 0 Å². The molecule has 0 radical (unpaired) electrons. The van der Waals surface area contributed by atoms with E-state index in [1.807, 2.05) is 4.90 Å². The van der Waals surface area contributed by atoms with Gasteiger partial charge in [0.25, 0.3) is 0 Å². The molecule has 3 unspecified atom stereocenters. The minimum absolute atomic E-state index is 0.158. The summed E-state index contributed by atoms with van der Waals surface area (Å²) in [5, 5.41) is 0. The van der Waals surface area contributed by atoms with Gasteiger partial charge in [0.1, 0.15) is 0 Å². The number of nitrogens with two attached hydrogens (primary N) is 1. The molecule has 4 nitrogen and oxygen atoms in total. The zero-order valence-corrected chi connectivity index (χ0v) is 12.9. The molecule has 4 heteroatoms. The molecule has 3 atom stereocenters. The first-order valence-corrected chi connectivity index (χ1v) is 7.49. The molecule has 19 heavy (non-hydrogen) atoms. The summed E-state index contributed by atoms with van der Waals surface area (Å²) in [6, 6.07) is 0.265. The zero-order valence-electron chi connectivity index (χ0n) is 12.9. The molecule has 1 aliphatic rings. The standard InChI is InChI=1S/C15H30N2O2/c1-11(2)10-17(7-8-19-4)15(18)13-5-6-14(16)12(3)9-13/h11-14H,5-10,16H2,1-4H3. The topological polar surface area (TPSA) is 55.6 Å². The molecule has 1 rings (SSSR count). The number of carbonyl (C=O) groups is 1. The molecule has 0 aromatic heterocycles. The van der Waals surface area contributed by atoms with Crippen LogP contribution in [0.15, 0.2) is 0 Å². The van der Waals surface area contributed by atoms with Crippen LogP contribution in [0.5, 0.6) is 0 Å². The highest BCUT2D eigenvalue weighted by Gasteiger charge is 2.32. The molecular formula is C15H30N2O2. The normalized spacial score (nSPS) is 27.6. The maximum absolute atomic E-state index is 12.6. The van der Waals surface area contributed by atoms with Gasteiger partial charge in [-0.1, -0.05) is 20.8 Å². The number of amides is 1. The molecule has 0 heterocycles. The van der Waals surface area contributed by atoms with Crippen molar-refractivity contribution in [2.24, 2.45) is 23.5 Å². The zero-order chi connectivity index (χ0) is 14.4. The van der Waals surface area contributed by atoms with E-state index in [-0.39, 0.29) is 12.0 Å². The molecule has 1 amide bonds. The van der Waals surface area contributed by atoms with E-state index in [4.69, 9.17) is 10.5 Å². The maximum atomic E-state index is 12.6. The number of ether oxygens (including phenoxy) is 1. The van der Waals surface area contributed by atoms with Crippen LogP contribution in [0.1, 0.15) is 40.0 Å². The smallest absolute Gasteiger partial charge is 0.225 e. The third-order valence-corrected chi connectivity index (χ3v) is 4.05. The summed E-state index contributed by atoms with van der Waals surface area (Å²) < 4.78 is 5.12. The van der Waals surface area contributed by atoms with Crippen LogP contribution in [0.2, 0.25) is 0 Å². The number of carbonyl (C=O) groups excluding carboxylic acids is 1. The van der Waals surface area contributed by atoms with Crippen LogP contribution in [0.25, 0.3) is 0 Å². The highest BCUT2D eigenvalue weighted by molar-refractivity contribution is 5.79. The van der Waals surface area contributed by atoms with Crippen LogP contribution in [0.4, 0.5) is 0 Å². The van der Waals surface area contributed by atoms with Crippen molar-refractivity contribution in [1.29, 1.82) is 0 Å². The number of rotatable bonds is 6. The Morgan fingerprint density at radius 3 is 2.63 bits per heavy atom. The van der Waals surface area contributed by atoms with Gasteiger partial charge in [0.15, 0.2) is 0 Å². The lowest BCUT2D eigenvalue weighted by Gasteiger charge is -2.35. The van der Waals surface area contributed by atoms with Crippen molar-refractivity contribution in [1.82, 2.24) is 4.90 Å². The van der Waals surface area contributed by atoms with E-state index in [1.165, 1.54) is 0 Å². The monoisotopic (exact) mass is 270 g/mol. The van der Waals surface area contributed by atoms with Gasteiger partial charge < -0.3 is 15.4 Å². The molecule has 0 aromatic carbocycles. The Bertz CT molecular complexity index is 281. The van der Waals surface area contributed by atoms with E-state index >= 15 is 0 Å². The van der Waals surface area contributed by atoms with Crippen molar-refractivity contribution >= 4 is 5.91 Å². The SMILES string of the molecule is COCCN(CC(C)C)C(=O)C1CCC(N)C(C)C1. The Labute approximate surface area is 117 Å². The van der Waals surface area contributed by atoms with Gasteiger partial charge in [-0.2, -0.15) is 0 Å². The summed E-state index contributed by atoms with van der Waals surface area (Å²) in [5.41, 5.74) is 6.03. The van der Waals surface area contributed by atoms with Crippen LogP contribution >= 0.6 is 0 Å². The summed E-state index contributed by atoms with van der Waals surface area (Å²) in [6.45, 7) is 8.58. The Balaban J connectivity index is 2.59. The van der Waals surface area contributed by atoms with Crippen LogP contribution in [0.3, 0.4) is 0 Å². The minimum Gasteiger partial charge on any atom is -0.383 e. The largest absolute Gasteiger partial charge is 0.383 e. The predicted molar refractivity (Wildman–Crippen MR) is 77.8 cm³/mol. The first-order chi connectivity index (χ1) is 8.95. The summed E-state index contributed by atoms with van der Waals surface area (Å²) in [5.74, 6) is 1.39. The fourth-order valence-electron chi connectivity index (χ4n) is 2.84. The number of hydrogen-bond donors (Lipinski definition) is 1. The molecule has 1 saturated carbocycles. The summed E-state index contributed by atoms with van der Waals surface area (Å²) in [7, 11) is 1.68. The molecular weight excluding hydrogens is 240 g/mol. The third-order valence-electron chi connectivity index (χ3n) is 4.05. The van der Waals surface area contributed by atoms with Gasteiger partial charge >= 0.3 is 0 Å². The first kappa shape index (κ1) is 16.4. The lowest BCUT2D eigenvalue weighted by atomic mass is 9.78. The lowest BCUT2D eigenvalue weighted by Crippen LogP contribution is -2.44. The van der Waals surface area contributed by atoms with Gasteiger partial charge in [-0.3, -0.25) is 4.79 Å². The third kappa shape index (κ3) is 5.11. The van der Waals surface area contributed by atoms with E-state index in [1.54, 1.807) is 7.11 Å². The van der Waals surface area contributed by atoms with E-state index in [0.29, 0.717) is 30.9 Å². The highest BCUT2D eigenvalue weighted by atomic mass is 16.5. The number of nitrogens with zero attached hydrogens (tertiary/aromatic N) is 1. The average Bonchev–Trinajstić information content (AvgIpc) is 2.36. The number of methoxy groups -OCH3 is 1. The minimum atomic E-state index is 0.158. The van der Waals surface area contributed by atoms with E-state index in [9.17, 15) is 4.79 Å². The van der Waals surface area contributed by atoms with E-state index in [0.717, 1.165) is 25.8 Å². The predicted octanol–water partition coefficient (Wildman–Crippen LogP) is 1.88. The van der Waals surface area contributed by atoms with Crippen molar-refractivity contribution in [3.63, 3.8) is 0 Å². The molecule has 1 fully saturated rings. The van der Waals surface area contributed by atoms with E-state index < -0.39 is 0 Å². The van der Waals surface area contributed by atoms with Crippen LogP contribution < -0.4 is 5.73 Å². The second-order valence-electron chi connectivity index (χ2n) is 6.32. The van der Waals surface area contributed by atoms with Crippen LogP contribution in [-0.4, -0.2) is 43.7 Å². The molecule has 2 N–H and O–H groups in total. The summed E-state index contributed by atoms with van der Waals surface area (Å²) >= 11 is 0. The summed E-state index contributed by atoms with van der Waals surface area (Å²) in [6.07, 6.45) is 2.84. The second-order valence-corrected chi connectivity index (χ2v) is 6.32. The Morgan fingerprint density at radius 2 is 2.11 bits per heavy atom. The Kier molecular flexibility index (Phi) is 6.80. The lowest BCUT2D eigenvalue weighted by molar-refractivity contribution is -0.138. The van der Waals surface area contributed by atoms with Crippen molar-refractivity contribution < 1.29 is 9.53 Å². The molecule has 112 valence electrons. The second kappa shape index (κ2) is 7.85. The Morgan fingerprint density at radius 1 is 1.42 bits per heavy atom. The first-order valence-electron chi connectivity index (χ1n) is 7.49. The Hall–Kier alpha value is -0.610. The molecule has 1 aliphatic carbocycles. The number of hydrogen-bond acceptors (Lipinski definition) is 3. The van der Waals surface area contributed by atoms with Gasteiger partial charge in [0.2, 0.25) is 5.91 Å². The molecule has 0 bridgehead atoms. The van der Waals surface area contributed by atoms with Crippen molar-refractivity contribution in [3.05, 3.63) is 0 Å². The highest BCUT2D eigenvalue weighted by Crippen LogP contribution is 2.29. The van der Waals surface area contributed by atoms with Crippen LogP contribution in [0, 0.1) is 17.8 Å². The molecule has 0 spiro atoms. The molecule has 0 aliphatic heterocycles. The fraction of sp³-hybridized carbons (Fsp3) is 0.933. The summed E-state index contributed by atoms with van der Waals surface area (Å²) in [4.78, 5) is 14.6. The van der Waals surface area contributed by atoms with E-state index in [2.05, 4.69) is 20.8 Å². The van der Waals surface area contributed by atoms with Gasteiger partial charge in [-0.15, -0.1) is 0 Å². The molecule has 0 aromatic rings. The van der Waals surface area contributed by atoms with Gasteiger partial charge in [0, 0.05) is 32.2 Å². The van der Waals surface area contributed by atoms with Crippen molar-refractivity contribution in [2.45, 2.75) is 46.1 Å². The van der Waals surface area contributed by atoms with Gasteiger partial charge in [-0.25, -0.2) is 0 Å². The average molecular weight is 270 g/mol. The maximum Gasteiger partial charge on any atom is 0.225 e. The van der Waals surface area contributed by atoms with Crippen molar-refractivity contribution in [2.75, 3.05) is 26.8 Å². The van der Waals surface area contributed by atoms with Gasteiger partial charge in [-0.05, 0) is 31.1 Å². The fourth-order valence-corrected chi connectivity index (χ4v) is 2.84. The van der Waals surface area contributed by atoms with Gasteiger partial charge in [0.05, 0.1) is 6.61 Å². The quantitative estimate of drug-likeness (QED) is 0.802. The van der Waals surface area contributed by atoms with Crippen LogP contribution in [-0.2, 0) is 9.53 Å². The molecule has 0 saturated heterocycles.